The molecular formula is C21H18N4O3. The van der Waals surface area contributed by atoms with Crippen LogP contribution in [-0.4, -0.2) is 22.4 Å². The summed E-state index contributed by atoms with van der Waals surface area (Å²) in [5.41, 5.74) is 3.64. The molecule has 7 heteroatoms. The number of benzene rings is 2. The number of hydrogen-bond donors (Lipinski definition) is 3. The summed E-state index contributed by atoms with van der Waals surface area (Å²) < 4.78 is 1.82. The maximum absolute atomic E-state index is 12.5. The highest BCUT2D eigenvalue weighted by Gasteiger charge is 2.23. The van der Waals surface area contributed by atoms with E-state index in [2.05, 4.69) is 16.0 Å². The zero-order valence-corrected chi connectivity index (χ0v) is 15.2. The number of aromatic nitrogens is 1. The lowest BCUT2D eigenvalue weighted by molar-refractivity contribution is -0.117. The molecule has 3 aromatic rings. The van der Waals surface area contributed by atoms with Gasteiger partial charge in [-0.25, -0.2) is 4.79 Å². The summed E-state index contributed by atoms with van der Waals surface area (Å²) in [4.78, 5) is 35.6. The second-order valence-electron chi connectivity index (χ2n) is 6.61. The Morgan fingerprint density at radius 1 is 1.07 bits per heavy atom. The van der Waals surface area contributed by atoms with E-state index in [1.807, 2.05) is 60.0 Å². The molecule has 28 heavy (non-hydrogen) atoms. The topological polar surface area (TPSA) is 92.2 Å². The minimum Gasteiger partial charge on any atom is -0.337 e. The van der Waals surface area contributed by atoms with Crippen LogP contribution < -0.4 is 16.0 Å². The first-order valence-corrected chi connectivity index (χ1v) is 8.78. The molecule has 0 radical (unpaired) electrons. The fourth-order valence-corrected chi connectivity index (χ4v) is 3.15. The van der Waals surface area contributed by atoms with E-state index in [1.54, 1.807) is 12.3 Å². The van der Waals surface area contributed by atoms with E-state index in [0.717, 1.165) is 27.7 Å². The fourth-order valence-electron chi connectivity index (χ4n) is 3.15. The number of imide groups is 1. The number of rotatable bonds is 4. The van der Waals surface area contributed by atoms with Crippen molar-refractivity contribution >= 4 is 40.5 Å². The zero-order valence-electron chi connectivity index (χ0n) is 15.2. The second-order valence-corrected chi connectivity index (χ2v) is 6.61. The summed E-state index contributed by atoms with van der Waals surface area (Å²) in [5.74, 6) is -0.630. The van der Waals surface area contributed by atoms with Gasteiger partial charge in [0.1, 0.15) is 12.2 Å². The first kappa shape index (κ1) is 17.5. The molecule has 1 aliphatic rings. The van der Waals surface area contributed by atoms with Crippen LogP contribution in [0.4, 0.5) is 10.5 Å². The van der Waals surface area contributed by atoms with Gasteiger partial charge in [0, 0.05) is 28.4 Å². The normalized spacial score (nSPS) is 15.0. The molecule has 2 aromatic carbocycles. The first-order chi connectivity index (χ1) is 13.5. The lowest BCUT2D eigenvalue weighted by Gasteiger charge is -2.07. The Hall–Kier alpha value is -3.87. The van der Waals surface area contributed by atoms with Crippen LogP contribution in [-0.2, 0) is 16.1 Å². The lowest BCUT2D eigenvalue weighted by atomic mass is 10.1. The number of anilines is 1. The number of amides is 4. The second kappa shape index (κ2) is 7.03. The predicted octanol–water partition coefficient (Wildman–Crippen LogP) is 2.77. The molecule has 1 saturated heterocycles. The van der Waals surface area contributed by atoms with Gasteiger partial charge in [0.2, 0.25) is 5.91 Å². The molecule has 0 aliphatic carbocycles. The van der Waals surface area contributed by atoms with Gasteiger partial charge in [-0.3, -0.25) is 14.9 Å². The van der Waals surface area contributed by atoms with Crippen LogP contribution in [0.25, 0.3) is 17.0 Å². The van der Waals surface area contributed by atoms with Gasteiger partial charge in [0.05, 0.1) is 0 Å². The first-order valence-electron chi connectivity index (χ1n) is 8.78. The molecule has 4 rings (SSSR count). The van der Waals surface area contributed by atoms with Crippen molar-refractivity contribution in [3.05, 3.63) is 71.6 Å². The van der Waals surface area contributed by atoms with Gasteiger partial charge in [0.25, 0.3) is 5.91 Å². The molecule has 4 amide bonds. The maximum Gasteiger partial charge on any atom is 0.326 e. The Kier molecular flexibility index (Phi) is 4.41. The number of carbonyl (C=O) groups is 3. The van der Waals surface area contributed by atoms with Gasteiger partial charge < -0.3 is 15.2 Å². The molecule has 0 atom stereocenters. The van der Waals surface area contributed by atoms with Crippen molar-refractivity contribution in [2.24, 2.45) is 0 Å². The smallest absolute Gasteiger partial charge is 0.326 e. The van der Waals surface area contributed by atoms with Gasteiger partial charge in [-0.2, -0.15) is 0 Å². The minimum atomic E-state index is -0.544. The number of para-hydroxylation sites is 1. The molecule has 140 valence electrons. The highest BCUT2D eigenvalue weighted by atomic mass is 16.2. The van der Waals surface area contributed by atoms with Crippen molar-refractivity contribution in [2.75, 3.05) is 5.32 Å². The monoisotopic (exact) mass is 374 g/mol. The van der Waals surface area contributed by atoms with Gasteiger partial charge >= 0.3 is 6.03 Å². The number of fused-ring (bicyclic) bond motifs is 1. The average Bonchev–Trinajstić information content (AvgIpc) is 3.17. The maximum atomic E-state index is 12.5. The highest BCUT2D eigenvalue weighted by Crippen LogP contribution is 2.24. The van der Waals surface area contributed by atoms with Crippen molar-refractivity contribution < 1.29 is 14.4 Å². The van der Waals surface area contributed by atoms with Gasteiger partial charge in [-0.05, 0) is 31.2 Å². The number of nitrogens with zero attached hydrogens (tertiary/aromatic N) is 1. The standard InChI is InChI=1S/C21H18N4O3/c1-13-6-8-15(9-7-13)22-19(26)12-25-11-14(16-4-2-3-5-18(16)25)10-17-20(27)24-21(28)23-17/h2-11H,12H2,1H3,(H,22,26)(H2,23,24,27,28). The van der Waals surface area contributed by atoms with E-state index >= 15 is 0 Å². The number of urea groups is 1. The van der Waals surface area contributed by atoms with Crippen LogP contribution in [0.15, 0.2) is 60.4 Å². The molecule has 0 bridgehead atoms. The Bertz CT molecular complexity index is 1130. The Labute approximate surface area is 161 Å². The molecule has 1 aliphatic heterocycles. The van der Waals surface area contributed by atoms with Crippen LogP contribution in [0.3, 0.4) is 0 Å². The predicted molar refractivity (Wildman–Crippen MR) is 106 cm³/mol. The van der Waals surface area contributed by atoms with Crippen molar-refractivity contribution in [2.45, 2.75) is 13.5 Å². The molecule has 1 aromatic heterocycles. The highest BCUT2D eigenvalue weighted by molar-refractivity contribution is 6.14. The number of aryl methyl sites for hydroxylation is 1. The summed E-state index contributed by atoms with van der Waals surface area (Å²) in [6.45, 7) is 2.11. The summed E-state index contributed by atoms with van der Waals surface area (Å²) >= 11 is 0. The molecule has 0 spiro atoms. The van der Waals surface area contributed by atoms with E-state index in [1.165, 1.54) is 0 Å². The Morgan fingerprint density at radius 3 is 2.54 bits per heavy atom. The van der Waals surface area contributed by atoms with E-state index in [-0.39, 0.29) is 18.1 Å². The average molecular weight is 374 g/mol. The molecule has 1 fully saturated rings. The quantitative estimate of drug-likeness (QED) is 0.484. The Balaban J connectivity index is 1.62. The van der Waals surface area contributed by atoms with Crippen molar-refractivity contribution in [1.29, 1.82) is 0 Å². The number of nitrogens with one attached hydrogen (secondary N) is 3. The third-order valence-corrected chi connectivity index (χ3v) is 4.49. The lowest BCUT2D eigenvalue weighted by Crippen LogP contribution is -2.22. The third-order valence-electron chi connectivity index (χ3n) is 4.49. The molecule has 7 nitrogen and oxygen atoms in total. The molecule has 2 heterocycles. The van der Waals surface area contributed by atoms with Gasteiger partial charge in [0.15, 0.2) is 0 Å². The summed E-state index contributed by atoms with van der Waals surface area (Å²) in [5, 5.41) is 8.42. The van der Waals surface area contributed by atoms with Crippen LogP contribution in [0.1, 0.15) is 11.1 Å². The van der Waals surface area contributed by atoms with E-state index in [4.69, 9.17) is 0 Å². The molecular weight excluding hydrogens is 356 g/mol. The molecule has 3 N–H and O–H groups in total. The van der Waals surface area contributed by atoms with Crippen LogP contribution in [0.2, 0.25) is 0 Å². The van der Waals surface area contributed by atoms with Crippen molar-refractivity contribution in [3.63, 3.8) is 0 Å². The van der Waals surface area contributed by atoms with Crippen molar-refractivity contribution in [3.8, 4) is 0 Å². The largest absolute Gasteiger partial charge is 0.337 e. The molecule has 0 unspecified atom stereocenters. The number of carbonyl (C=O) groups excluding carboxylic acids is 3. The van der Waals surface area contributed by atoms with Gasteiger partial charge in [-0.15, -0.1) is 0 Å². The minimum absolute atomic E-state index is 0.121. The molecule has 0 saturated carbocycles. The fraction of sp³-hybridized carbons (Fsp3) is 0.0952. The SMILES string of the molecule is Cc1ccc(NC(=O)Cn2cc(C=C3NC(=O)NC3=O)c3ccccc32)cc1. The van der Waals surface area contributed by atoms with E-state index in [9.17, 15) is 14.4 Å². The van der Waals surface area contributed by atoms with Crippen molar-refractivity contribution in [1.82, 2.24) is 15.2 Å². The summed E-state index contributed by atoms with van der Waals surface area (Å²) in [7, 11) is 0. The van der Waals surface area contributed by atoms with E-state index < -0.39 is 11.9 Å². The zero-order chi connectivity index (χ0) is 19.7. The van der Waals surface area contributed by atoms with E-state index in [0.29, 0.717) is 0 Å². The Morgan fingerprint density at radius 2 is 1.82 bits per heavy atom. The summed E-state index contributed by atoms with van der Waals surface area (Å²) in [6, 6.07) is 14.6. The third kappa shape index (κ3) is 3.50. The number of hydrogen-bond acceptors (Lipinski definition) is 3. The van der Waals surface area contributed by atoms with Gasteiger partial charge in [-0.1, -0.05) is 35.9 Å². The van der Waals surface area contributed by atoms with Crippen LogP contribution in [0.5, 0.6) is 0 Å². The van der Waals surface area contributed by atoms with Crippen LogP contribution >= 0.6 is 0 Å². The summed E-state index contributed by atoms with van der Waals surface area (Å²) in [6.07, 6.45) is 3.40. The van der Waals surface area contributed by atoms with Crippen LogP contribution in [0, 0.1) is 6.92 Å².